The number of pyridine rings is 1. The predicted molar refractivity (Wildman–Crippen MR) is 114 cm³/mol. The number of hydrogen-bond donors (Lipinski definition) is 1. The van der Waals surface area contributed by atoms with Gasteiger partial charge in [0.15, 0.2) is 0 Å². The Balaban J connectivity index is 1.52. The van der Waals surface area contributed by atoms with E-state index in [1.165, 1.54) is 0 Å². The third-order valence-electron chi connectivity index (χ3n) is 6.38. The van der Waals surface area contributed by atoms with Crippen LogP contribution in [0.25, 0.3) is 0 Å². The van der Waals surface area contributed by atoms with E-state index >= 15 is 0 Å². The van der Waals surface area contributed by atoms with E-state index in [0.717, 1.165) is 42.6 Å². The minimum absolute atomic E-state index is 0.0200. The molecule has 6 heteroatoms. The number of carbonyl (C=O) groups excluding carboxylic acids is 2. The van der Waals surface area contributed by atoms with Gasteiger partial charge in [0.25, 0.3) is 0 Å². The van der Waals surface area contributed by atoms with E-state index < -0.39 is 0 Å². The van der Waals surface area contributed by atoms with Crippen molar-refractivity contribution in [1.29, 1.82) is 0 Å². The molecule has 6 nitrogen and oxygen atoms in total. The first-order valence-corrected chi connectivity index (χ1v) is 10.7. The summed E-state index contributed by atoms with van der Waals surface area (Å²) in [6.45, 7) is 1.48. The molecule has 1 aliphatic carbocycles. The second-order valence-corrected chi connectivity index (χ2v) is 8.29. The van der Waals surface area contributed by atoms with Crippen LogP contribution in [0.5, 0.6) is 5.75 Å². The van der Waals surface area contributed by atoms with Gasteiger partial charge in [-0.15, -0.1) is 0 Å². The Kier molecular flexibility index (Phi) is 6.31. The number of ether oxygens (including phenoxy) is 1. The molecular weight excluding hydrogens is 378 g/mol. The summed E-state index contributed by atoms with van der Waals surface area (Å²) in [5.41, 5.74) is 2.00. The van der Waals surface area contributed by atoms with Crippen LogP contribution in [0.4, 0.5) is 0 Å². The van der Waals surface area contributed by atoms with Gasteiger partial charge in [0, 0.05) is 43.9 Å². The molecule has 0 spiro atoms. The van der Waals surface area contributed by atoms with E-state index in [9.17, 15) is 9.59 Å². The maximum atomic E-state index is 13.1. The molecule has 1 aliphatic heterocycles. The molecule has 2 heterocycles. The van der Waals surface area contributed by atoms with Crippen LogP contribution in [0.1, 0.15) is 42.7 Å². The van der Waals surface area contributed by atoms with Crippen molar-refractivity contribution in [1.82, 2.24) is 15.2 Å². The number of rotatable bonds is 6. The molecule has 0 radical (unpaired) electrons. The molecule has 2 fully saturated rings. The van der Waals surface area contributed by atoms with Gasteiger partial charge in [0.2, 0.25) is 11.8 Å². The SMILES string of the molecule is COc1cccc(C2CN(C(=O)C3CCCC3)CC2C(=O)NCc2cccnc2)c1. The normalized spacial score (nSPS) is 21.6. The summed E-state index contributed by atoms with van der Waals surface area (Å²) in [6, 6.07) is 11.7. The molecule has 158 valence electrons. The Morgan fingerprint density at radius 3 is 2.73 bits per heavy atom. The van der Waals surface area contributed by atoms with Crippen molar-refractivity contribution in [3.63, 3.8) is 0 Å². The quantitative estimate of drug-likeness (QED) is 0.799. The third kappa shape index (κ3) is 4.48. The molecule has 2 unspecified atom stereocenters. The molecule has 1 saturated carbocycles. The maximum Gasteiger partial charge on any atom is 0.225 e. The Morgan fingerprint density at radius 1 is 1.17 bits per heavy atom. The lowest BCUT2D eigenvalue weighted by molar-refractivity contribution is -0.134. The van der Waals surface area contributed by atoms with Crippen LogP contribution in [-0.4, -0.2) is 41.9 Å². The number of carbonyl (C=O) groups is 2. The summed E-state index contributed by atoms with van der Waals surface area (Å²) in [4.78, 5) is 32.2. The summed E-state index contributed by atoms with van der Waals surface area (Å²) in [5.74, 6) is 0.755. The van der Waals surface area contributed by atoms with Crippen LogP contribution in [0, 0.1) is 11.8 Å². The number of nitrogens with zero attached hydrogens (tertiary/aromatic N) is 2. The van der Waals surface area contributed by atoms with Crippen molar-refractivity contribution < 1.29 is 14.3 Å². The zero-order valence-electron chi connectivity index (χ0n) is 17.4. The predicted octanol–water partition coefficient (Wildman–Crippen LogP) is 3.14. The summed E-state index contributed by atoms with van der Waals surface area (Å²) in [7, 11) is 1.64. The molecule has 2 aromatic rings. The summed E-state index contributed by atoms with van der Waals surface area (Å²) < 4.78 is 5.38. The molecule has 2 aliphatic rings. The van der Waals surface area contributed by atoms with E-state index in [2.05, 4.69) is 10.3 Å². The lowest BCUT2D eigenvalue weighted by Crippen LogP contribution is -2.36. The summed E-state index contributed by atoms with van der Waals surface area (Å²) in [6.07, 6.45) is 7.66. The highest BCUT2D eigenvalue weighted by Gasteiger charge is 2.42. The van der Waals surface area contributed by atoms with Crippen LogP contribution < -0.4 is 10.1 Å². The van der Waals surface area contributed by atoms with Gasteiger partial charge in [-0.3, -0.25) is 14.6 Å². The van der Waals surface area contributed by atoms with Gasteiger partial charge in [0.1, 0.15) is 5.75 Å². The van der Waals surface area contributed by atoms with Crippen LogP contribution in [-0.2, 0) is 16.1 Å². The van der Waals surface area contributed by atoms with Gasteiger partial charge in [-0.25, -0.2) is 0 Å². The smallest absolute Gasteiger partial charge is 0.225 e. The average Bonchev–Trinajstić information content (AvgIpc) is 3.48. The Morgan fingerprint density at radius 2 is 2.00 bits per heavy atom. The molecule has 1 saturated heterocycles. The van der Waals surface area contributed by atoms with Gasteiger partial charge in [-0.2, -0.15) is 0 Å². The van der Waals surface area contributed by atoms with Crippen molar-refractivity contribution in [2.24, 2.45) is 11.8 Å². The zero-order valence-corrected chi connectivity index (χ0v) is 17.4. The molecule has 0 bridgehead atoms. The largest absolute Gasteiger partial charge is 0.497 e. The van der Waals surface area contributed by atoms with Gasteiger partial charge in [0.05, 0.1) is 13.0 Å². The van der Waals surface area contributed by atoms with E-state index in [-0.39, 0.29) is 29.6 Å². The molecule has 2 amide bonds. The van der Waals surface area contributed by atoms with Gasteiger partial charge in [-0.1, -0.05) is 31.0 Å². The summed E-state index contributed by atoms with van der Waals surface area (Å²) >= 11 is 0. The second-order valence-electron chi connectivity index (χ2n) is 8.29. The van der Waals surface area contributed by atoms with Gasteiger partial charge < -0.3 is 15.0 Å². The minimum atomic E-state index is -0.279. The molecule has 4 rings (SSSR count). The van der Waals surface area contributed by atoms with Crippen molar-refractivity contribution >= 4 is 11.8 Å². The lowest BCUT2D eigenvalue weighted by atomic mass is 9.88. The molecular formula is C24H29N3O3. The van der Waals surface area contributed by atoms with Crippen LogP contribution in [0.3, 0.4) is 0 Å². The number of likely N-dealkylation sites (tertiary alicyclic amines) is 1. The fourth-order valence-corrected chi connectivity index (χ4v) is 4.71. The number of hydrogen-bond acceptors (Lipinski definition) is 4. The standard InChI is InChI=1S/C24H29N3O3/c1-30-20-10-4-9-19(12-20)21-15-27(24(29)18-7-2-3-8-18)16-22(21)23(28)26-14-17-6-5-11-25-13-17/h4-6,9-13,18,21-22H,2-3,7-8,14-16H2,1H3,(H,26,28). The average molecular weight is 408 g/mol. The minimum Gasteiger partial charge on any atom is -0.497 e. The number of amides is 2. The van der Waals surface area contributed by atoms with Crippen molar-refractivity contribution in [2.75, 3.05) is 20.2 Å². The Bertz CT molecular complexity index is 880. The van der Waals surface area contributed by atoms with E-state index in [4.69, 9.17) is 4.74 Å². The van der Waals surface area contributed by atoms with E-state index in [1.54, 1.807) is 19.5 Å². The first kappa shape index (κ1) is 20.4. The molecule has 1 aromatic heterocycles. The van der Waals surface area contributed by atoms with Crippen LogP contribution in [0.2, 0.25) is 0 Å². The first-order chi connectivity index (χ1) is 14.7. The van der Waals surface area contributed by atoms with E-state index in [0.29, 0.717) is 19.6 Å². The van der Waals surface area contributed by atoms with Crippen LogP contribution >= 0.6 is 0 Å². The highest BCUT2D eigenvalue weighted by atomic mass is 16.5. The second kappa shape index (κ2) is 9.28. The van der Waals surface area contributed by atoms with Gasteiger partial charge >= 0.3 is 0 Å². The summed E-state index contributed by atoms with van der Waals surface area (Å²) in [5, 5.41) is 3.05. The Hall–Kier alpha value is -2.89. The van der Waals surface area contributed by atoms with Crippen molar-refractivity contribution in [2.45, 2.75) is 38.1 Å². The van der Waals surface area contributed by atoms with Crippen molar-refractivity contribution in [3.05, 3.63) is 59.9 Å². The van der Waals surface area contributed by atoms with E-state index in [1.807, 2.05) is 41.3 Å². The first-order valence-electron chi connectivity index (χ1n) is 10.7. The molecule has 30 heavy (non-hydrogen) atoms. The number of methoxy groups -OCH3 is 1. The monoisotopic (exact) mass is 407 g/mol. The topological polar surface area (TPSA) is 71.5 Å². The highest BCUT2D eigenvalue weighted by molar-refractivity contribution is 5.84. The Labute approximate surface area is 177 Å². The fraction of sp³-hybridized carbons (Fsp3) is 0.458. The van der Waals surface area contributed by atoms with Crippen molar-refractivity contribution in [3.8, 4) is 5.75 Å². The van der Waals surface area contributed by atoms with Crippen LogP contribution in [0.15, 0.2) is 48.8 Å². The maximum absolute atomic E-state index is 13.1. The molecule has 1 N–H and O–H groups in total. The molecule has 2 atom stereocenters. The third-order valence-corrected chi connectivity index (χ3v) is 6.38. The zero-order chi connectivity index (χ0) is 20.9. The number of nitrogens with one attached hydrogen (secondary N) is 1. The number of benzene rings is 1. The lowest BCUT2D eigenvalue weighted by Gasteiger charge is -2.20. The number of aromatic nitrogens is 1. The molecule has 1 aromatic carbocycles. The highest BCUT2D eigenvalue weighted by Crippen LogP contribution is 2.37. The van der Waals surface area contributed by atoms with Gasteiger partial charge in [-0.05, 0) is 42.2 Å². The fourth-order valence-electron chi connectivity index (χ4n) is 4.71.